The van der Waals surface area contributed by atoms with E-state index in [-0.39, 0.29) is 16.6 Å². The summed E-state index contributed by atoms with van der Waals surface area (Å²) in [4.78, 5) is 28.1. The van der Waals surface area contributed by atoms with Gasteiger partial charge < -0.3 is 0 Å². The molecule has 25 heavy (non-hydrogen) atoms. The predicted molar refractivity (Wildman–Crippen MR) is 103 cm³/mol. The third kappa shape index (κ3) is 3.97. The maximum absolute atomic E-state index is 12.4. The van der Waals surface area contributed by atoms with Gasteiger partial charge in [-0.15, -0.1) is 0 Å². The molecule has 1 heterocycles. The molecular formula is C19H16N2O2S2. The van der Waals surface area contributed by atoms with Crippen LogP contribution in [0.1, 0.15) is 12.5 Å². The number of carbonyl (C=O) groups is 2. The second-order valence-corrected chi connectivity index (χ2v) is 6.88. The molecule has 0 aliphatic carbocycles. The van der Waals surface area contributed by atoms with Crippen LogP contribution >= 0.6 is 24.0 Å². The lowest BCUT2D eigenvalue weighted by Crippen LogP contribution is -2.53. The van der Waals surface area contributed by atoms with Crippen LogP contribution in [0.15, 0.2) is 70.0 Å². The molecule has 0 saturated carbocycles. The molecule has 1 aliphatic rings. The van der Waals surface area contributed by atoms with E-state index in [0.29, 0.717) is 6.54 Å². The molecule has 2 aromatic carbocycles. The molecule has 1 saturated heterocycles. The van der Waals surface area contributed by atoms with E-state index in [4.69, 9.17) is 12.2 Å². The van der Waals surface area contributed by atoms with Crippen molar-refractivity contribution in [1.29, 1.82) is 0 Å². The van der Waals surface area contributed by atoms with E-state index in [1.165, 1.54) is 4.90 Å². The highest BCUT2D eigenvalue weighted by molar-refractivity contribution is 7.99. The number of rotatable bonds is 4. The van der Waals surface area contributed by atoms with Crippen LogP contribution in [0, 0.1) is 0 Å². The van der Waals surface area contributed by atoms with Crippen molar-refractivity contribution in [2.45, 2.75) is 16.7 Å². The lowest BCUT2D eigenvalue weighted by Gasteiger charge is -2.27. The monoisotopic (exact) mass is 368 g/mol. The van der Waals surface area contributed by atoms with E-state index in [9.17, 15) is 9.59 Å². The van der Waals surface area contributed by atoms with Crippen LogP contribution in [-0.4, -0.2) is 28.4 Å². The van der Waals surface area contributed by atoms with E-state index < -0.39 is 5.91 Å². The molecule has 4 nitrogen and oxygen atoms in total. The molecule has 0 atom stereocenters. The van der Waals surface area contributed by atoms with E-state index in [1.807, 2.05) is 61.5 Å². The maximum Gasteiger partial charge on any atom is 0.265 e. The van der Waals surface area contributed by atoms with Gasteiger partial charge in [0.1, 0.15) is 5.57 Å². The van der Waals surface area contributed by atoms with Gasteiger partial charge in [-0.25, -0.2) is 0 Å². The molecule has 0 unspecified atom stereocenters. The van der Waals surface area contributed by atoms with Crippen LogP contribution in [-0.2, 0) is 9.59 Å². The molecule has 1 fully saturated rings. The molecule has 0 radical (unpaired) electrons. The summed E-state index contributed by atoms with van der Waals surface area (Å²) in [7, 11) is 0. The summed E-state index contributed by atoms with van der Waals surface area (Å²) >= 11 is 6.68. The fraction of sp³-hybridized carbons (Fsp3) is 0.105. The first-order valence-electron chi connectivity index (χ1n) is 7.80. The predicted octanol–water partition coefficient (Wildman–Crippen LogP) is 3.48. The van der Waals surface area contributed by atoms with Crippen molar-refractivity contribution < 1.29 is 9.59 Å². The van der Waals surface area contributed by atoms with Crippen LogP contribution < -0.4 is 5.32 Å². The van der Waals surface area contributed by atoms with E-state index in [2.05, 4.69) is 5.32 Å². The fourth-order valence-corrected chi connectivity index (χ4v) is 3.55. The van der Waals surface area contributed by atoms with Crippen LogP contribution in [0.25, 0.3) is 6.08 Å². The molecule has 6 heteroatoms. The molecule has 3 rings (SSSR count). The van der Waals surface area contributed by atoms with Gasteiger partial charge in [0.05, 0.1) is 0 Å². The summed E-state index contributed by atoms with van der Waals surface area (Å²) in [5.74, 6) is -0.818. The Kier molecular flexibility index (Phi) is 5.31. The van der Waals surface area contributed by atoms with Crippen molar-refractivity contribution >= 4 is 47.0 Å². The van der Waals surface area contributed by atoms with Gasteiger partial charge in [0.25, 0.3) is 11.8 Å². The summed E-state index contributed by atoms with van der Waals surface area (Å²) in [6.45, 7) is 2.23. The van der Waals surface area contributed by atoms with Crippen molar-refractivity contribution in [2.75, 3.05) is 6.54 Å². The molecular weight excluding hydrogens is 352 g/mol. The Labute approximate surface area is 155 Å². The lowest BCUT2D eigenvalue weighted by atomic mass is 10.1. The van der Waals surface area contributed by atoms with Crippen molar-refractivity contribution in [3.05, 3.63) is 65.7 Å². The van der Waals surface area contributed by atoms with Gasteiger partial charge >= 0.3 is 0 Å². The van der Waals surface area contributed by atoms with Crippen molar-refractivity contribution in [1.82, 2.24) is 10.2 Å². The Balaban J connectivity index is 1.80. The third-order valence-corrected chi connectivity index (χ3v) is 5.01. The van der Waals surface area contributed by atoms with Gasteiger partial charge in [-0.3, -0.25) is 19.8 Å². The summed E-state index contributed by atoms with van der Waals surface area (Å²) in [5.41, 5.74) is 0.888. The van der Waals surface area contributed by atoms with Crippen LogP contribution in [0.3, 0.4) is 0 Å². The summed E-state index contributed by atoms with van der Waals surface area (Å²) in [6.07, 6.45) is 1.60. The normalized spacial score (nSPS) is 16.3. The molecule has 0 bridgehead atoms. The van der Waals surface area contributed by atoms with Crippen LogP contribution in [0.2, 0.25) is 0 Å². The number of nitrogens with one attached hydrogen (secondary N) is 1. The molecule has 1 N–H and O–H groups in total. The third-order valence-electron chi connectivity index (χ3n) is 3.67. The van der Waals surface area contributed by atoms with E-state index >= 15 is 0 Å². The Morgan fingerprint density at radius 2 is 1.68 bits per heavy atom. The van der Waals surface area contributed by atoms with Gasteiger partial charge in [0.15, 0.2) is 5.11 Å². The molecule has 0 aromatic heterocycles. The Morgan fingerprint density at radius 3 is 2.32 bits per heavy atom. The number of benzene rings is 2. The zero-order valence-electron chi connectivity index (χ0n) is 13.6. The number of hydrogen-bond donors (Lipinski definition) is 1. The van der Waals surface area contributed by atoms with E-state index in [0.717, 1.165) is 15.4 Å². The quantitative estimate of drug-likeness (QED) is 0.510. The van der Waals surface area contributed by atoms with Gasteiger partial charge in [-0.2, -0.15) is 0 Å². The number of likely N-dealkylation sites (N-methyl/N-ethyl adjacent to an activating group) is 1. The second kappa shape index (κ2) is 7.63. The molecule has 1 aliphatic heterocycles. The first-order chi connectivity index (χ1) is 12.1. The van der Waals surface area contributed by atoms with Crippen LogP contribution in [0.4, 0.5) is 0 Å². The van der Waals surface area contributed by atoms with E-state index in [1.54, 1.807) is 17.8 Å². The maximum atomic E-state index is 12.4. The largest absolute Gasteiger partial charge is 0.298 e. The number of thiocarbonyl (C=S) groups is 1. The average molecular weight is 368 g/mol. The standard InChI is InChI=1S/C19H16N2O2S2/c1-2-21-18(23)16(17(22)20-19(21)24)12-13-8-10-15(11-9-13)25-14-6-4-3-5-7-14/h3-12H,2H2,1H3,(H,20,22,24)/b16-12+. The highest BCUT2D eigenvalue weighted by Crippen LogP contribution is 2.27. The van der Waals surface area contributed by atoms with Gasteiger partial charge in [-0.05, 0) is 55.0 Å². The number of amides is 2. The fourth-order valence-electron chi connectivity index (χ4n) is 2.40. The minimum atomic E-state index is -0.456. The zero-order valence-corrected chi connectivity index (χ0v) is 15.2. The minimum Gasteiger partial charge on any atom is -0.298 e. The van der Waals surface area contributed by atoms with Crippen molar-refractivity contribution in [2.24, 2.45) is 0 Å². The van der Waals surface area contributed by atoms with Gasteiger partial charge in [0, 0.05) is 16.3 Å². The lowest BCUT2D eigenvalue weighted by molar-refractivity contribution is -0.128. The van der Waals surface area contributed by atoms with Gasteiger partial charge in [0.2, 0.25) is 0 Å². The zero-order chi connectivity index (χ0) is 17.8. The summed E-state index contributed by atoms with van der Waals surface area (Å²) < 4.78 is 0. The first-order valence-corrected chi connectivity index (χ1v) is 9.03. The minimum absolute atomic E-state index is 0.0962. The highest BCUT2D eigenvalue weighted by atomic mass is 32.2. The number of nitrogens with zero attached hydrogens (tertiary/aromatic N) is 1. The Morgan fingerprint density at radius 1 is 1.04 bits per heavy atom. The number of hydrogen-bond acceptors (Lipinski definition) is 4. The first kappa shape index (κ1) is 17.4. The molecule has 126 valence electrons. The number of carbonyl (C=O) groups excluding carboxylic acids is 2. The topological polar surface area (TPSA) is 49.4 Å². The van der Waals surface area contributed by atoms with Crippen LogP contribution in [0.5, 0.6) is 0 Å². The van der Waals surface area contributed by atoms with Gasteiger partial charge in [-0.1, -0.05) is 42.1 Å². The van der Waals surface area contributed by atoms with Crippen molar-refractivity contribution in [3.63, 3.8) is 0 Å². The Bertz CT molecular complexity index is 845. The molecule has 2 amide bonds. The second-order valence-electron chi connectivity index (χ2n) is 5.35. The summed E-state index contributed by atoms with van der Waals surface area (Å²) in [5, 5.41) is 2.71. The van der Waals surface area contributed by atoms with Crippen molar-refractivity contribution in [3.8, 4) is 0 Å². The smallest absolute Gasteiger partial charge is 0.265 e. The Hall–Kier alpha value is -2.44. The molecule has 2 aromatic rings. The SMILES string of the molecule is CCN1C(=O)/C(=C/c2ccc(Sc3ccccc3)cc2)C(=O)NC1=S. The average Bonchev–Trinajstić information content (AvgIpc) is 2.61. The molecule has 0 spiro atoms. The highest BCUT2D eigenvalue weighted by Gasteiger charge is 2.32. The summed E-state index contributed by atoms with van der Waals surface area (Å²) in [6, 6.07) is 17.8.